The van der Waals surface area contributed by atoms with Crippen LogP contribution in [0.5, 0.6) is 0 Å². The van der Waals surface area contributed by atoms with E-state index in [-0.39, 0.29) is 0 Å². The van der Waals surface area contributed by atoms with E-state index in [1.165, 1.54) is 11.8 Å². The Hall–Kier alpha value is -1.49. The van der Waals surface area contributed by atoms with E-state index in [9.17, 15) is 0 Å². The van der Waals surface area contributed by atoms with E-state index in [0.717, 1.165) is 0 Å². The van der Waals surface area contributed by atoms with Crippen LogP contribution in [0, 0.1) is 18.4 Å². The van der Waals surface area contributed by atoms with Crippen molar-refractivity contribution in [1.82, 2.24) is 0 Å². The van der Waals surface area contributed by atoms with Crippen molar-refractivity contribution in [2.24, 2.45) is 5.73 Å². The largest absolute Gasteiger partial charge is 0.337 e. The lowest BCUT2D eigenvalue weighted by molar-refractivity contribution is 1.45. The second kappa shape index (κ2) is 5.64. The molecule has 0 saturated heterocycles. The fourth-order valence-corrected chi connectivity index (χ4v) is 0.534. The quantitative estimate of drug-likeness (QED) is 0.431. The number of nitrogens with zero attached hydrogens (tertiary/aromatic N) is 1. The van der Waals surface area contributed by atoms with Crippen LogP contribution in [0.1, 0.15) is 5.56 Å². The summed E-state index contributed by atoms with van der Waals surface area (Å²) < 4.78 is 0. The summed E-state index contributed by atoms with van der Waals surface area (Å²) in [6.45, 7) is 2.08. The third kappa shape index (κ3) is 4.66. The Kier molecular flexibility index (Phi) is 4.80. The summed E-state index contributed by atoms with van der Waals surface area (Å²) in [6, 6.07) is 10.3. The van der Waals surface area contributed by atoms with Gasteiger partial charge >= 0.3 is 0 Å². The molecular formula is C8H10N2. The van der Waals surface area contributed by atoms with Crippen molar-refractivity contribution in [3.63, 3.8) is 0 Å². The van der Waals surface area contributed by atoms with Crippen LogP contribution in [0.2, 0.25) is 0 Å². The molecule has 2 nitrogen and oxygen atoms in total. The molecule has 0 aliphatic rings. The molecule has 1 aromatic carbocycles. The standard InChI is InChI=1S/C7H8.CH2N2/c1-7-5-3-2-4-6-7;2-1-3/h2-6H,1H3;2H2. The predicted octanol–water partition coefficient (Wildman–Crippen LogP) is 1.42. The molecule has 1 rings (SSSR count). The van der Waals surface area contributed by atoms with Crippen LogP contribution in [0.4, 0.5) is 0 Å². The van der Waals surface area contributed by atoms with Crippen molar-refractivity contribution < 1.29 is 0 Å². The first-order chi connectivity index (χ1) is 4.81. The van der Waals surface area contributed by atoms with Crippen molar-refractivity contribution in [2.75, 3.05) is 0 Å². The van der Waals surface area contributed by atoms with E-state index < -0.39 is 0 Å². The zero-order valence-electron chi connectivity index (χ0n) is 5.91. The van der Waals surface area contributed by atoms with Gasteiger partial charge in [0.15, 0.2) is 6.19 Å². The van der Waals surface area contributed by atoms with Gasteiger partial charge in [0, 0.05) is 0 Å². The number of hydrogen-bond donors (Lipinski definition) is 1. The summed E-state index contributed by atoms with van der Waals surface area (Å²) in [4.78, 5) is 0. The second-order valence-electron chi connectivity index (χ2n) is 1.78. The van der Waals surface area contributed by atoms with Gasteiger partial charge in [0.2, 0.25) is 0 Å². The van der Waals surface area contributed by atoms with Gasteiger partial charge in [0.1, 0.15) is 0 Å². The Morgan fingerprint density at radius 3 is 1.90 bits per heavy atom. The van der Waals surface area contributed by atoms with Crippen LogP contribution in [0.25, 0.3) is 0 Å². The summed E-state index contributed by atoms with van der Waals surface area (Å²) in [7, 11) is 0. The van der Waals surface area contributed by atoms with Gasteiger partial charge in [-0.25, -0.2) is 0 Å². The molecule has 0 aliphatic carbocycles. The summed E-state index contributed by atoms with van der Waals surface area (Å²) >= 11 is 0. The first-order valence-electron chi connectivity index (χ1n) is 2.92. The van der Waals surface area contributed by atoms with E-state index in [1.54, 1.807) is 0 Å². The maximum Gasteiger partial charge on any atom is 0.173 e. The van der Waals surface area contributed by atoms with Crippen LogP contribution in [0.3, 0.4) is 0 Å². The minimum absolute atomic E-state index is 1.25. The molecule has 0 fully saturated rings. The van der Waals surface area contributed by atoms with E-state index in [4.69, 9.17) is 5.26 Å². The van der Waals surface area contributed by atoms with E-state index in [0.29, 0.717) is 0 Å². The lowest BCUT2D eigenvalue weighted by Gasteiger charge is -1.82. The molecule has 10 heavy (non-hydrogen) atoms. The van der Waals surface area contributed by atoms with Crippen LogP contribution >= 0.6 is 0 Å². The van der Waals surface area contributed by atoms with Gasteiger partial charge in [-0.2, -0.15) is 5.26 Å². The Labute approximate surface area is 60.9 Å². The van der Waals surface area contributed by atoms with Crippen LogP contribution in [-0.2, 0) is 0 Å². The van der Waals surface area contributed by atoms with Crippen LogP contribution < -0.4 is 5.73 Å². The number of rotatable bonds is 0. The molecule has 0 unspecified atom stereocenters. The number of benzene rings is 1. The molecule has 0 amide bonds. The molecular weight excluding hydrogens is 124 g/mol. The van der Waals surface area contributed by atoms with Gasteiger partial charge in [-0.3, -0.25) is 0 Å². The number of nitriles is 1. The van der Waals surface area contributed by atoms with Crippen molar-refractivity contribution in [3.05, 3.63) is 35.9 Å². The molecule has 0 saturated carbocycles. The summed E-state index contributed by atoms with van der Waals surface area (Å²) in [6.07, 6.45) is 1.25. The van der Waals surface area contributed by atoms with Crippen LogP contribution in [-0.4, -0.2) is 0 Å². The topological polar surface area (TPSA) is 49.8 Å². The van der Waals surface area contributed by atoms with E-state index in [1.807, 2.05) is 18.2 Å². The molecule has 0 aliphatic heterocycles. The minimum atomic E-state index is 1.25. The Morgan fingerprint density at radius 1 is 1.30 bits per heavy atom. The molecule has 2 N–H and O–H groups in total. The maximum absolute atomic E-state index is 7.10. The molecule has 52 valence electrons. The highest BCUT2D eigenvalue weighted by Gasteiger charge is 1.72. The number of aryl methyl sites for hydroxylation is 1. The zero-order valence-corrected chi connectivity index (χ0v) is 5.91. The summed E-state index contributed by atoms with van der Waals surface area (Å²) in [5.74, 6) is 0. The third-order valence-electron chi connectivity index (χ3n) is 0.940. The first kappa shape index (κ1) is 8.51. The molecule has 0 spiro atoms. The van der Waals surface area contributed by atoms with Gasteiger partial charge in [0.05, 0.1) is 0 Å². The molecule has 2 heteroatoms. The first-order valence-corrected chi connectivity index (χ1v) is 2.92. The fraction of sp³-hybridized carbons (Fsp3) is 0.125. The van der Waals surface area contributed by atoms with E-state index in [2.05, 4.69) is 24.8 Å². The summed E-state index contributed by atoms with van der Waals surface area (Å²) in [5.41, 5.74) is 5.47. The lowest BCUT2D eigenvalue weighted by Crippen LogP contribution is -1.69. The minimum Gasteiger partial charge on any atom is -0.337 e. The van der Waals surface area contributed by atoms with Crippen molar-refractivity contribution >= 4 is 0 Å². The van der Waals surface area contributed by atoms with Crippen molar-refractivity contribution in [1.29, 1.82) is 5.26 Å². The average Bonchev–Trinajstić information content (AvgIpc) is 1.91. The third-order valence-corrected chi connectivity index (χ3v) is 0.940. The smallest absolute Gasteiger partial charge is 0.173 e. The fourth-order valence-electron chi connectivity index (χ4n) is 0.534. The predicted molar refractivity (Wildman–Crippen MR) is 41.0 cm³/mol. The van der Waals surface area contributed by atoms with Crippen molar-refractivity contribution in [2.45, 2.75) is 6.92 Å². The zero-order chi connectivity index (χ0) is 7.82. The van der Waals surface area contributed by atoms with Gasteiger partial charge in [0.25, 0.3) is 0 Å². The Balaban J connectivity index is 0.000000236. The number of nitrogens with two attached hydrogens (primary N) is 1. The Morgan fingerprint density at radius 2 is 1.70 bits per heavy atom. The SMILES string of the molecule is Cc1ccccc1.N#CN. The molecule has 0 bridgehead atoms. The Bertz CT molecular complexity index is 198. The number of hydrogen-bond acceptors (Lipinski definition) is 2. The monoisotopic (exact) mass is 134 g/mol. The highest BCUT2D eigenvalue weighted by atomic mass is 14.5. The van der Waals surface area contributed by atoms with Gasteiger partial charge in [-0.15, -0.1) is 0 Å². The maximum atomic E-state index is 7.10. The summed E-state index contributed by atoms with van der Waals surface area (Å²) in [5, 5.41) is 7.10. The normalized spacial score (nSPS) is 6.80. The van der Waals surface area contributed by atoms with Crippen LogP contribution in [0.15, 0.2) is 30.3 Å². The highest BCUT2D eigenvalue weighted by Crippen LogP contribution is 1.92. The molecule has 0 heterocycles. The molecule has 0 atom stereocenters. The average molecular weight is 134 g/mol. The lowest BCUT2D eigenvalue weighted by atomic mass is 10.2. The molecule has 1 aromatic rings. The van der Waals surface area contributed by atoms with E-state index >= 15 is 0 Å². The van der Waals surface area contributed by atoms with Gasteiger partial charge < -0.3 is 5.73 Å². The van der Waals surface area contributed by atoms with Crippen molar-refractivity contribution in [3.8, 4) is 6.19 Å². The highest BCUT2D eigenvalue weighted by molar-refractivity contribution is 5.11. The second-order valence-corrected chi connectivity index (χ2v) is 1.78. The van der Waals surface area contributed by atoms with Gasteiger partial charge in [-0.1, -0.05) is 35.9 Å². The molecule has 0 aromatic heterocycles. The molecule has 0 radical (unpaired) electrons. The van der Waals surface area contributed by atoms with Gasteiger partial charge in [-0.05, 0) is 6.92 Å².